The van der Waals surface area contributed by atoms with Crippen LogP contribution in [0.15, 0.2) is 16.5 Å². The third-order valence-electron chi connectivity index (χ3n) is 6.47. The summed E-state index contributed by atoms with van der Waals surface area (Å²) >= 11 is 0. The lowest BCUT2D eigenvalue weighted by molar-refractivity contribution is 0.0819. The van der Waals surface area contributed by atoms with Crippen LogP contribution in [0.5, 0.6) is 0 Å². The molecule has 2 heterocycles. The summed E-state index contributed by atoms with van der Waals surface area (Å²) in [4.78, 5) is 14.5. The maximum atomic E-state index is 12.8. The van der Waals surface area contributed by atoms with Crippen molar-refractivity contribution in [1.29, 1.82) is 0 Å². The van der Waals surface area contributed by atoms with Gasteiger partial charge in [0, 0.05) is 37.9 Å². The van der Waals surface area contributed by atoms with Crippen molar-refractivity contribution in [2.75, 3.05) is 14.1 Å². The summed E-state index contributed by atoms with van der Waals surface area (Å²) < 4.78 is 7.86. The number of fused-ring (bicyclic) bond motifs is 1. The van der Waals surface area contributed by atoms with Crippen molar-refractivity contribution in [2.24, 2.45) is 5.92 Å². The van der Waals surface area contributed by atoms with E-state index in [1.807, 2.05) is 33.2 Å². The molecule has 0 spiro atoms. The van der Waals surface area contributed by atoms with Gasteiger partial charge in [-0.2, -0.15) is 5.10 Å². The third-order valence-corrected chi connectivity index (χ3v) is 6.47. The highest BCUT2D eigenvalue weighted by molar-refractivity contribution is 5.93. The van der Waals surface area contributed by atoms with Crippen molar-refractivity contribution in [2.45, 2.75) is 77.4 Å². The summed E-state index contributed by atoms with van der Waals surface area (Å²) in [7, 11) is 3.62. The van der Waals surface area contributed by atoms with Gasteiger partial charge in [0.05, 0.1) is 6.54 Å². The molecule has 0 saturated heterocycles. The van der Waals surface area contributed by atoms with Crippen LogP contribution in [0.1, 0.15) is 71.8 Å². The minimum atomic E-state index is 0.0194. The van der Waals surface area contributed by atoms with Gasteiger partial charge in [-0.3, -0.25) is 9.48 Å². The van der Waals surface area contributed by atoms with Crippen molar-refractivity contribution in [1.82, 2.24) is 20.0 Å². The topological polar surface area (TPSA) is 63.3 Å². The molecule has 0 bridgehead atoms. The van der Waals surface area contributed by atoms with Gasteiger partial charge >= 0.3 is 0 Å². The third kappa shape index (κ3) is 4.58. The lowest BCUT2D eigenvalue weighted by atomic mass is 9.88. The van der Waals surface area contributed by atoms with Crippen molar-refractivity contribution in [3.8, 4) is 0 Å². The van der Waals surface area contributed by atoms with Gasteiger partial charge in [0.2, 0.25) is 0 Å². The van der Waals surface area contributed by atoms with Gasteiger partial charge in [0.15, 0.2) is 5.69 Å². The molecule has 6 nitrogen and oxygen atoms in total. The quantitative estimate of drug-likeness (QED) is 0.806. The second-order valence-corrected chi connectivity index (χ2v) is 8.99. The van der Waals surface area contributed by atoms with Gasteiger partial charge in [-0.15, -0.1) is 0 Å². The van der Waals surface area contributed by atoms with E-state index < -0.39 is 0 Å². The van der Waals surface area contributed by atoms with Gasteiger partial charge in [-0.1, -0.05) is 19.3 Å². The number of carbonyl (C=O) groups excluding carboxylic acids is 1. The Kier molecular flexibility index (Phi) is 6.09. The number of nitrogens with one attached hydrogen (secondary N) is 1. The van der Waals surface area contributed by atoms with Crippen LogP contribution in [0.4, 0.5) is 0 Å². The number of hydrogen-bond donors (Lipinski definition) is 1. The second kappa shape index (κ2) is 8.74. The van der Waals surface area contributed by atoms with E-state index in [9.17, 15) is 4.79 Å². The number of hydrogen-bond acceptors (Lipinski definition) is 4. The zero-order chi connectivity index (χ0) is 20.4. The van der Waals surface area contributed by atoms with E-state index in [2.05, 4.69) is 10.00 Å². The highest BCUT2D eigenvalue weighted by Crippen LogP contribution is 2.30. The fourth-order valence-corrected chi connectivity index (χ4v) is 4.84. The molecule has 1 saturated carbocycles. The van der Waals surface area contributed by atoms with Crippen LogP contribution >= 0.6 is 0 Å². The smallest absolute Gasteiger partial charge is 0.274 e. The van der Waals surface area contributed by atoms with E-state index in [4.69, 9.17) is 9.52 Å². The molecule has 158 valence electrons. The maximum absolute atomic E-state index is 12.8. The van der Waals surface area contributed by atoms with Crippen molar-refractivity contribution >= 4 is 5.91 Å². The first-order chi connectivity index (χ1) is 14.0. The van der Waals surface area contributed by atoms with E-state index in [-0.39, 0.29) is 5.91 Å². The highest BCUT2D eigenvalue weighted by atomic mass is 16.3. The van der Waals surface area contributed by atoms with Crippen LogP contribution in [-0.4, -0.2) is 40.7 Å². The normalized spacial score (nSPS) is 19.9. The van der Waals surface area contributed by atoms with E-state index in [0.29, 0.717) is 17.7 Å². The number of aromatic nitrogens is 2. The molecule has 2 aliphatic rings. The molecule has 2 aliphatic carbocycles. The van der Waals surface area contributed by atoms with Gasteiger partial charge < -0.3 is 14.6 Å². The molecule has 2 aromatic rings. The number of furan rings is 1. The van der Waals surface area contributed by atoms with Gasteiger partial charge in [-0.25, -0.2) is 0 Å². The summed E-state index contributed by atoms with van der Waals surface area (Å²) in [5, 5.41) is 8.46. The fraction of sp³-hybridized carbons (Fsp3) is 0.652. The van der Waals surface area contributed by atoms with Crippen LogP contribution in [0, 0.1) is 12.8 Å². The summed E-state index contributed by atoms with van der Waals surface area (Å²) in [6.45, 7) is 3.66. The van der Waals surface area contributed by atoms with Gasteiger partial charge in [-0.05, 0) is 57.1 Å². The highest BCUT2D eigenvalue weighted by Gasteiger charge is 2.30. The first-order valence-corrected chi connectivity index (χ1v) is 11.1. The fourth-order valence-electron chi connectivity index (χ4n) is 4.84. The van der Waals surface area contributed by atoms with Crippen LogP contribution in [0.3, 0.4) is 0 Å². The monoisotopic (exact) mass is 398 g/mol. The lowest BCUT2D eigenvalue weighted by Crippen LogP contribution is -2.35. The van der Waals surface area contributed by atoms with Crippen LogP contribution in [0.25, 0.3) is 0 Å². The average Bonchev–Trinajstić information content (AvgIpc) is 3.30. The molecule has 6 heteroatoms. The molecule has 1 N–H and O–H groups in total. The molecule has 1 atom stereocenters. The molecule has 1 amide bonds. The first-order valence-electron chi connectivity index (χ1n) is 11.1. The maximum Gasteiger partial charge on any atom is 0.274 e. The Hall–Kier alpha value is -2.08. The summed E-state index contributed by atoms with van der Waals surface area (Å²) in [5.41, 5.74) is 3.09. The molecule has 0 radical (unpaired) electrons. The Bertz CT molecular complexity index is 845. The molecule has 0 aliphatic heterocycles. The Balaban J connectivity index is 1.51. The number of amides is 1. The molecule has 1 fully saturated rings. The van der Waals surface area contributed by atoms with Gasteiger partial charge in [0.25, 0.3) is 5.91 Å². The standard InChI is InChI=1S/C23H34N4O2/c1-16-9-11-19(29-16)14-24-18-10-12-21-20(13-18)22(23(28)26(2)3)25-27(21)15-17-7-5-4-6-8-17/h9,11,17-18,24H,4-8,10,12-15H2,1-3H3/t18-/m1/s1. The molecule has 0 unspecified atom stereocenters. The second-order valence-electron chi connectivity index (χ2n) is 8.99. The minimum Gasteiger partial charge on any atom is -0.465 e. The molecular formula is C23H34N4O2. The number of carbonyl (C=O) groups is 1. The van der Waals surface area contributed by atoms with E-state index >= 15 is 0 Å². The molecule has 29 heavy (non-hydrogen) atoms. The molecule has 4 rings (SSSR count). The first kappa shape index (κ1) is 20.2. The minimum absolute atomic E-state index is 0.0194. The number of rotatable bonds is 6. The van der Waals surface area contributed by atoms with E-state index in [1.54, 1.807) is 4.90 Å². The van der Waals surface area contributed by atoms with Crippen molar-refractivity contribution < 1.29 is 9.21 Å². The van der Waals surface area contributed by atoms with Crippen molar-refractivity contribution in [3.63, 3.8) is 0 Å². The van der Waals surface area contributed by atoms with Crippen LogP contribution in [0.2, 0.25) is 0 Å². The Morgan fingerprint density at radius 1 is 1.24 bits per heavy atom. The Morgan fingerprint density at radius 2 is 2.03 bits per heavy atom. The predicted octanol–water partition coefficient (Wildman–Crippen LogP) is 3.71. The average molecular weight is 399 g/mol. The lowest BCUT2D eigenvalue weighted by Gasteiger charge is -2.26. The molecule has 0 aromatic carbocycles. The molecular weight excluding hydrogens is 364 g/mol. The van der Waals surface area contributed by atoms with Crippen LogP contribution in [-0.2, 0) is 25.9 Å². The number of aryl methyl sites for hydroxylation is 1. The zero-order valence-electron chi connectivity index (χ0n) is 18.0. The van der Waals surface area contributed by atoms with Gasteiger partial charge in [0.1, 0.15) is 11.5 Å². The SMILES string of the molecule is Cc1ccc(CN[C@@H]2CCc3c(c(C(=O)N(C)C)nn3CC3CCCCC3)C2)o1. The van der Waals surface area contributed by atoms with E-state index in [0.717, 1.165) is 49.4 Å². The zero-order valence-corrected chi connectivity index (χ0v) is 18.0. The number of nitrogens with zero attached hydrogens (tertiary/aromatic N) is 3. The predicted molar refractivity (Wildman–Crippen MR) is 113 cm³/mol. The Morgan fingerprint density at radius 3 is 2.72 bits per heavy atom. The summed E-state index contributed by atoms with van der Waals surface area (Å²) in [5.74, 6) is 2.63. The summed E-state index contributed by atoms with van der Waals surface area (Å²) in [6, 6.07) is 4.37. The summed E-state index contributed by atoms with van der Waals surface area (Å²) in [6.07, 6.45) is 9.50. The Labute approximate surface area is 173 Å². The largest absolute Gasteiger partial charge is 0.465 e. The van der Waals surface area contributed by atoms with Crippen molar-refractivity contribution in [3.05, 3.63) is 40.6 Å². The van der Waals surface area contributed by atoms with Crippen LogP contribution < -0.4 is 5.32 Å². The molecule has 2 aromatic heterocycles. The van der Waals surface area contributed by atoms with E-state index in [1.165, 1.54) is 37.8 Å².